The number of hydrogen-bond donors (Lipinski definition) is 0. The van der Waals surface area contributed by atoms with E-state index in [1.165, 1.54) is 103 Å². The lowest BCUT2D eigenvalue weighted by Gasteiger charge is -2.14. The van der Waals surface area contributed by atoms with Gasteiger partial charge in [0.25, 0.3) is 0 Å². The predicted molar refractivity (Wildman–Crippen MR) is 104 cm³/mol. The minimum Gasteiger partial charge on any atom is -0.300 e. The Balaban J connectivity index is 3.00. The Morgan fingerprint density at radius 2 is 0.870 bits per heavy atom. The molecule has 0 aliphatic rings. The number of hydroxylamine groups is 2. The molecule has 0 aliphatic heterocycles. The van der Waals surface area contributed by atoms with Crippen molar-refractivity contribution in [3.8, 4) is 0 Å². The Morgan fingerprint density at radius 3 is 1.22 bits per heavy atom. The molecule has 0 amide bonds. The molecule has 23 heavy (non-hydrogen) atoms. The summed E-state index contributed by atoms with van der Waals surface area (Å²) in [5.74, 6) is 0. The Labute approximate surface area is 147 Å². The summed E-state index contributed by atoms with van der Waals surface area (Å²) in [7, 11) is 2.04. The second-order valence-corrected chi connectivity index (χ2v) is 7.07. The van der Waals surface area contributed by atoms with E-state index in [4.69, 9.17) is 4.84 Å². The molecule has 0 atom stereocenters. The normalized spacial score (nSPS) is 11.5. The largest absolute Gasteiger partial charge is 0.300 e. The summed E-state index contributed by atoms with van der Waals surface area (Å²) in [6.45, 7) is 6.20. The molecule has 0 aromatic heterocycles. The molecule has 0 fully saturated rings. The van der Waals surface area contributed by atoms with Gasteiger partial charge in [0.1, 0.15) is 0 Å². The third-order valence-electron chi connectivity index (χ3n) is 4.68. The van der Waals surface area contributed by atoms with E-state index >= 15 is 0 Å². The average molecular weight is 328 g/mol. The van der Waals surface area contributed by atoms with Crippen LogP contribution in [0.15, 0.2) is 0 Å². The van der Waals surface area contributed by atoms with Crippen molar-refractivity contribution in [2.45, 2.75) is 117 Å². The zero-order chi connectivity index (χ0) is 17.0. The molecule has 0 rings (SSSR count). The smallest absolute Gasteiger partial charge is 0.0656 e. The Bertz CT molecular complexity index is 208. The zero-order valence-corrected chi connectivity index (χ0v) is 16.6. The lowest BCUT2D eigenvalue weighted by molar-refractivity contribution is -0.135. The van der Waals surface area contributed by atoms with E-state index in [0.29, 0.717) is 0 Å². The van der Waals surface area contributed by atoms with E-state index in [-0.39, 0.29) is 0 Å². The van der Waals surface area contributed by atoms with Crippen LogP contribution in [-0.4, -0.2) is 25.3 Å². The van der Waals surface area contributed by atoms with Crippen LogP contribution < -0.4 is 0 Å². The summed E-state index contributed by atoms with van der Waals surface area (Å²) in [4.78, 5) is 5.40. The van der Waals surface area contributed by atoms with Crippen LogP contribution >= 0.6 is 0 Å². The molecular weight excluding hydrogens is 282 g/mol. The topological polar surface area (TPSA) is 12.5 Å². The molecule has 0 radical (unpaired) electrons. The van der Waals surface area contributed by atoms with Gasteiger partial charge in [0.2, 0.25) is 0 Å². The highest BCUT2D eigenvalue weighted by Gasteiger charge is 1.97. The van der Waals surface area contributed by atoms with Crippen molar-refractivity contribution < 1.29 is 4.84 Å². The Kier molecular flexibility index (Phi) is 19.9. The van der Waals surface area contributed by atoms with Crippen molar-refractivity contribution in [3.63, 3.8) is 0 Å². The first-order valence-corrected chi connectivity index (χ1v) is 10.6. The van der Waals surface area contributed by atoms with Crippen molar-refractivity contribution in [1.82, 2.24) is 5.06 Å². The Morgan fingerprint density at radius 1 is 0.522 bits per heavy atom. The van der Waals surface area contributed by atoms with Crippen LogP contribution in [0.5, 0.6) is 0 Å². The highest BCUT2D eigenvalue weighted by molar-refractivity contribution is 4.50. The van der Waals surface area contributed by atoms with E-state index < -0.39 is 0 Å². The molecular formula is C21H45NO. The van der Waals surface area contributed by atoms with Crippen LogP contribution in [0, 0.1) is 0 Å². The zero-order valence-electron chi connectivity index (χ0n) is 16.6. The van der Waals surface area contributed by atoms with E-state index in [1.807, 2.05) is 19.0 Å². The maximum atomic E-state index is 5.40. The van der Waals surface area contributed by atoms with Crippen LogP contribution in [0.3, 0.4) is 0 Å². The number of unbranched alkanes of at least 4 members (excludes halogenated alkanes) is 15. The van der Waals surface area contributed by atoms with Gasteiger partial charge < -0.3 is 0 Å². The van der Waals surface area contributed by atoms with Gasteiger partial charge in [0.05, 0.1) is 6.61 Å². The van der Waals surface area contributed by atoms with Crippen molar-refractivity contribution in [3.05, 3.63) is 0 Å². The first kappa shape index (κ1) is 22.9. The highest BCUT2D eigenvalue weighted by atomic mass is 16.7. The predicted octanol–water partition coefficient (Wildman–Crippen LogP) is 7.13. The average Bonchev–Trinajstić information content (AvgIpc) is 2.54. The number of hydrogen-bond acceptors (Lipinski definition) is 2. The van der Waals surface area contributed by atoms with E-state index in [1.54, 1.807) is 0 Å². The van der Waals surface area contributed by atoms with Gasteiger partial charge in [-0.05, 0) is 13.3 Å². The second kappa shape index (κ2) is 20.0. The summed E-state index contributed by atoms with van der Waals surface area (Å²) < 4.78 is 0. The van der Waals surface area contributed by atoms with Gasteiger partial charge in [-0.2, -0.15) is 5.06 Å². The molecule has 0 N–H and O–H groups in total. The first-order chi connectivity index (χ1) is 11.3. The molecule has 2 heteroatoms. The molecule has 2 nitrogen and oxygen atoms in total. The van der Waals surface area contributed by atoms with Crippen molar-refractivity contribution in [2.75, 3.05) is 20.2 Å². The highest BCUT2D eigenvalue weighted by Crippen LogP contribution is 2.13. The Hall–Kier alpha value is -0.0800. The molecule has 0 aromatic rings. The summed E-state index contributed by atoms with van der Waals surface area (Å²) >= 11 is 0. The van der Waals surface area contributed by atoms with E-state index in [2.05, 4.69) is 6.92 Å². The van der Waals surface area contributed by atoms with Gasteiger partial charge in [0.15, 0.2) is 0 Å². The molecule has 0 aromatic carbocycles. The maximum Gasteiger partial charge on any atom is 0.0656 e. The minimum atomic E-state index is 0.787. The molecule has 0 unspecified atom stereocenters. The van der Waals surface area contributed by atoms with Crippen LogP contribution in [0.1, 0.15) is 117 Å². The van der Waals surface area contributed by atoms with Gasteiger partial charge >= 0.3 is 0 Å². The van der Waals surface area contributed by atoms with E-state index in [0.717, 1.165) is 13.2 Å². The third-order valence-corrected chi connectivity index (χ3v) is 4.68. The minimum absolute atomic E-state index is 0.787. The maximum absolute atomic E-state index is 5.40. The summed E-state index contributed by atoms with van der Waals surface area (Å²) in [6, 6.07) is 0. The fourth-order valence-corrected chi connectivity index (χ4v) is 3.17. The number of rotatable bonds is 19. The van der Waals surface area contributed by atoms with Gasteiger partial charge in [0, 0.05) is 13.6 Å². The molecule has 0 saturated carbocycles. The lowest BCUT2D eigenvalue weighted by Crippen LogP contribution is -2.19. The number of nitrogens with zero attached hydrogens (tertiary/aromatic N) is 1. The molecule has 0 bridgehead atoms. The van der Waals surface area contributed by atoms with Crippen molar-refractivity contribution in [1.29, 1.82) is 0 Å². The van der Waals surface area contributed by atoms with Crippen LogP contribution in [0.2, 0.25) is 0 Å². The van der Waals surface area contributed by atoms with Crippen molar-refractivity contribution in [2.24, 2.45) is 0 Å². The van der Waals surface area contributed by atoms with Gasteiger partial charge in [-0.3, -0.25) is 4.84 Å². The van der Waals surface area contributed by atoms with Crippen molar-refractivity contribution >= 4 is 0 Å². The van der Waals surface area contributed by atoms with Crippen LogP contribution in [-0.2, 0) is 4.84 Å². The third kappa shape index (κ3) is 19.9. The fraction of sp³-hybridized carbons (Fsp3) is 1.00. The fourth-order valence-electron chi connectivity index (χ4n) is 3.17. The van der Waals surface area contributed by atoms with Gasteiger partial charge in [-0.15, -0.1) is 0 Å². The summed E-state index contributed by atoms with van der Waals surface area (Å²) in [5, 5.41) is 1.98. The second-order valence-electron chi connectivity index (χ2n) is 7.07. The summed E-state index contributed by atoms with van der Waals surface area (Å²) in [6.07, 6.45) is 22.9. The monoisotopic (exact) mass is 327 g/mol. The molecule has 0 spiro atoms. The first-order valence-electron chi connectivity index (χ1n) is 10.6. The quantitative estimate of drug-likeness (QED) is 0.185. The summed E-state index contributed by atoms with van der Waals surface area (Å²) in [5.41, 5.74) is 0. The van der Waals surface area contributed by atoms with E-state index in [9.17, 15) is 0 Å². The lowest BCUT2D eigenvalue weighted by atomic mass is 10.0. The molecule has 0 saturated heterocycles. The van der Waals surface area contributed by atoms with Crippen LogP contribution in [0.4, 0.5) is 0 Å². The van der Waals surface area contributed by atoms with Crippen LogP contribution in [0.25, 0.3) is 0 Å². The van der Waals surface area contributed by atoms with Gasteiger partial charge in [-0.25, -0.2) is 0 Å². The molecule has 0 heterocycles. The van der Waals surface area contributed by atoms with Gasteiger partial charge in [-0.1, -0.05) is 103 Å². The molecule has 0 aliphatic carbocycles. The molecule has 140 valence electrons. The SMILES string of the molecule is CCCCCCCCCCCCCCCCCCN(C)OCC. The standard InChI is InChI=1S/C21H45NO/c1-4-6-7-8-9-10-11-12-13-14-15-16-17-18-19-20-21-22(3)23-5-2/h4-21H2,1-3H3.